The van der Waals surface area contributed by atoms with Gasteiger partial charge in [-0.1, -0.05) is 35.1 Å². The molecule has 4 rings (SSSR count). The second-order valence-electron chi connectivity index (χ2n) is 7.87. The van der Waals surface area contributed by atoms with E-state index in [0.717, 1.165) is 11.4 Å². The summed E-state index contributed by atoms with van der Waals surface area (Å²) in [5.41, 5.74) is 1.19. The van der Waals surface area contributed by atoms with Crippen molar-refractivity contribution in [3.05, 3.63) is 52.5 Å². The van der Waals surface area contributed by atoms with Crippen LogP contribution >= 0.6 is 22.9 Å². The highest BCUT2D eigenvalue weighted by Crippen LogP contribution is 2.39. The molecule has 1 aliphatic heterocycles. The Balaban J connectivity index is 1.64. The normalized spacial score (nSPS) is 13.2. The van der Waals surface area contributed by atoms with Crippen LogP contribution in [0.25, 0.3) is 10.2 Å². The Hall–Kier alpha value is -3.01. The van der Waals surface area contributed by atoms with E-state index in [1.165, 1.54) is 16.2 Å². The fourth-order valence-electron chi connectivity index (χ4n) is 3.70. The summed E-state index contributed by atoms with van der Waals surface area (Å²) in [6.07, 6.45) is 0.682. The van der Waals surface area contributed by atoms with Crippen molar-refractivity contribution in [2.45, 2.75) is 6.42 Å². The fourth-order valence-corrected chi connectivity index (χ4v) is 5.00. The Morgan fingerprint density at radius 3 is 2.36 bits per heavy atom. The molecule has 10 heteroatoms. The summed E-state index contributed by atoms with van der Waals surface area (Å²) in [7, 11) is 5.45. The van der Waals surface area contributed by atoms with Gasteiger partial charge in [-0.2, -0.15) is 0 Å². The lowest BCUT2D eigenvalue weighted by Gasteiger charge is -2.23. The zero-order valence-corrected chi connectivity index (χ0v) is 20.1. The summed E-state index contributed by atoms with van der Waals surface area (Å²) in [5, 5.41) is 0.951. The highest BCUT2D eigenvalue weighted by molar-refractivity contribution is 7.23. The number of imide groups is 1. The first-order valence-electron chi connectivity index (χ1n) is 10.3. The molecule has 0 atom stereocenters. The summed E-state index contributed by atoms with van der Waals surface area (Å²) >= 11 is 7.64. The molecule has 33 heavy (non-hydrogen) atoms. The number of benzene rings is 2. The minimum Gasteiger partial charge on any atom is -0.494 e. The van der Waals surface area contributed by atoms with Crippen LogP contribution in [-0.2, 0) is 4.79 Å². The average Bonchev–Trinajstić information content (AvgIpc) is 3.34. The largest absolute Gasteiger partial charge is 0.494 e. The van der Waals surface area contributed by atoms with Crippen molar-refractivity contribution in [2.24, 2.45) is 0 Å². The third kappa shape index (κ3) is 4.44. The number of thiazole rings is 1. The summed E-state index contributed by atoms with van der Waals surface area (Å²) in [4.78, 5) is 48.1. The maximum atomic E-state index is 13.4. The Morgan fingerprint density at radius 1 is 1.09 bits per heavy atom. The van der Waals surface area contributed by atoms with Crippen LogP contribution in [0.3, 0.4) is 0 Å². The van der Waals surface area contributed by atoms with Crippen LogP contribution in [-0.4, -0.2) is 73.3 Å². The van der Waals surface area contributed by atoms with Crippen molar-refractivity contribution in [2.75, 3.05) is 45.7 Å². The van der Waals surface area contributed by atoms with Gasteiger partial charge in [0.1, 0.15) is 17.8 Å². The second-order valence-corrected chi connectivity index (χ2v) is 9.25. The van der Waals surface area contributed by atoms with E-state index in [1.807, 2.05) is 19.0 Å². The van der Waals surface area contributed by atoms with E-state index in [4.69, 9.17) is 16.3 Å². The predicted octanol–water partition coefficient (Wildman–Crippen LogP) is 3.54. The number of rotatable bonds is 8. The van der Waals surface area contributed by atoms with Gasteiger partial charge < -0.3 is 9.64 Å². The van der Waals surface area contributed by atoms with Gasteiger partial charge >= 0.3 is 0 Å². The van der Waals surface area contributed by atoms with Crippen molar-refractivity contribution in [3.63, 3.8) is 0 Å². The first kappa shape index (κ1) is 23.2. The standard InChI is InChI=1S/C23H23ClN4O4S/c1-26(2)11-6-12-27(23-25-19-17(32-3)10-9-16(24)20(19)33-23)18(29)13-28-21(30)14-7-4-5-8-15(14)22(28)31/h4-5,7-10H,6,11-13H2,1-3H3. The van der Waals surface area contributed by atoms with E-state index in [9.17, 15) is 14.4 Å². The number of anilines is 1. The molecule has 0 bridgehead atoms. The lowest BCUT2D eigenvalue weighted by Crippen LogP contribution is -2.43. The number of carbonyl (C=O) groups excluding carboxylic acids is 3. The summed E-state index contributed by atoms with van der Waals surface area (Å²) in [5.74, 6) is -0.771. The smallest absolute Gasteiger partial charge is 0.262 e. The van der Waals surface area contributed by atoms with Crippen LogP contribution in [0.4, 0.5) is 5.13 Å². The molecule has 0 aliphatic carbocycles. The number of amides is 3. The Labute approximate surface area is 200 Å². The Morgan fingerprint density at radius 2 is 1.76 bits per heavy atom. The minimum atomic E-state index is -0.466. The van der Waals surface area contributed by atoms with Crippen molar-refractivity contribution in [3.8, 4) is 5.75 Å². The van der Waals surface area contributed by atoms with Crippen LogP contribution in [0, 0.1) is 0 Å². The molecule has 1 aliphatic rings. The lowest BCUT2D eigenvalue weighted by atomic mass is 10.1. The first-order chi connectivity index (χ1) is 15.8. The van der Waals surface area contributed by atoms with Crippen LogP contribution in [0.5, 0.6) is 5.75 Å². The zero-order valence-electron chi connectivity index (χ0n) is 18.5. The molecule has 0 unspecified atom stereocenters. The highest BCUT2D eigenvalue weighted by atomic mass is 35.5. The maximum Gasteiger partial charge on any atom is 0.262 e. The van der Waals surface area contributed by atoms with E-state index in [1.54, 1.807) is 43.5 Å². The molecule has 1 aromatic heterocycles. The minimum absolute atomic E-state index is 0.311. The van der Waals surface area contributed by atoms with E-state index in [-0.39, 0.29) is 6.54 Å². The molecule has 0 saturated heterocycles. The van der Waals surface area contributed by atoms with Gasteiger partial charge in [-0.15, -0.1) is 0 Å². The monoisotopic (exact) mass is 486 g/mol. The predicted molar refractivity (Wildman–Crippen MR) is 129 cm³/mol. The molecule has 0 N–H and O–H groups in total. The number of aromatic nitrogens is 1. The Bertz CT molecular complexity index is 1210. The quantitative estimate of drug-likeness (QED) is 0.453. The van der Waals surface area contributed by atoms with Crippen molar-refractivity contribution in [1.29, 1.82) is 0 Å². The van der Waals surface area contributed by atoms with E-state index < -0.39 is 17.7 Å². The van der Waals surface area contributed by atoms with Gasteiger partial charge in [0.25, 0.3) is 11.8 Å². The number of hydrogen-bond acceptors (Lipinski definition) is 7. The lowest BCUT2D eigenvalue weighted by molar-refractivity contribution is -0.119. The summed E-state index contributed by atoms with van der Waals surface area (Å²) in [6.45, 7) is 0.765. The molecule has 2 heterocycles. The molecule has 0 fully saturated rings. The van der Waals surface area contributed by atoms with Crippen LogP contribution < -0.4 is 9.64 Å². The van der Waals surface area contributed by atoms with Crippen LogP contribution in [0.15, 0.2) is 36.4 Å². The molecular formula is C23H23ClN4O4S. The first-order valence-corrected chi connectivity index (χ1v) is 11.5. The number of methoxy groups -OCH3 is 1. The molecule has 3 amide bonds. The van der Waals surface area contributed by atoms with Gasteiger partial charge in [0.05, 0.1) is 28.0 Å². The van der Waals surface area contributed by atoms with Gasteiger partial charge in [0.2, 0.25) is 5.91 Å². The van der Waals surface area contributed by atoms with Crippen LogP contribution in [0.1, 0.15) is 27.1 Å². The average molecular weight is 487 g/mol. The summed E-state index contributed by atoms with van der Waals surface area (Å²) in [6, 6.07) is 10.0. The molecule has 0 radical (unpaired) electrons. The van der Waals surface area contributed by atoms with Crippen molar-refractivity contribution < 1.29 is 19.1 Å². The third-order valence-electron chi connectivity index (χ3n) is 5.36. The van der Waals surface area contributed by atoms with E-state index in [2.05, 4.69) is 4.98 Å². The zero-order chi connectivity index (χ0) is 23.7. The number of nitrogens with zero attached hydrogens (tertiary/aromatic N) is 4. The van der Waals surface area contributed by atoms with Gasteiger partial charge in [-0.05, 0) is 51.3 Å². The molecular weight excluding hydrogens is 464 g/mol. The third-order valence-corrected chi connectivity index (χ3v) is 6.90. The van der Waals surface area contributed by atoms with Crippen molar-refractivity contribution in [1.82, 2.24) is 14.8 Å². The highest BCUT2D eigenvalue weighted by Gasteiger charge is 2.37. The molecule has 0 saturated carbocycles. The second kappa shape index (κ2) is 9.46. The molecule has 172 valence electrons. The maximum absolute atomic E-state index is 13.4. The van der Waals surface area contributed by atoms with Gasteiger partial charge in [-0.25, -0.2) is 4.98 Å². The van der Waals surface area contributed by atoms with Gasteiger partial charge in [-0.3, -0.25) is 24.2 Å². The number of ether oxygens (including phenoxy) is 1. The molecule has 2 aromatic carbocycles. The molecule has 0 spiro atoms. The molecule has 3 aromatic rings. The molecule has 8 nitrogen and oxygen atoms in total. The topological polar surface area (TPSA) is 83.0 Å². The summed E-state index contributed by atoms with van der Waals surface area (Å²) < 4.78 is 6.10. The van der Waals surface area contributed by atoms with Crippen molar-refractivity contribution >= 4 is 56.0 Å². The number of carbonyl (C=O) groups is 3. The van der Waals surface area contributed by atoms with Gasteiger partial charge in [0, 0.05) is 6.54 Å². The number of hydrogen-bond donors (Lipinski definition) is 0. The van der Waals surface area contributed by atoms with E-state index in [0.29, 0.717) is 50.2 Å². The van der Waals surface area contributed by atoms with E-state index >= 15 is 0 Å². The number of halogens is 1. The van der Waals surface area contributed by atoms with Crippen LogP contribution in [0.2, 0.25) is 5.02 Å². The number of fused-ring (bicyclic) bond motifs is 2. The Kier molecular flexibility index (Phi) is 6.64. The van der Waals surface area contributed by atoms with Gasteiger partial charge in [0.15, 0.2) is 5.13 Å². The SMILES string of the molecule is COc1ccc(Cl)c2sc(N(CCCN(C)C)C(=O)CN3C(=O)c4ccccc4C3=O)nc12. The fraction of sp³-hybridized carbons (Fsp3) is 0.304.